The summed E-state index contributed by atoms with van der Waals surface area (Å²) < 4.78 is 1.76. The van der Waals surface area contributed by atoms with Gasteiger partial charge in [-0.15, -0.1) is 0 Å². The maximum absolute atomic E-state index is 11.6. The number of unbranched alkanes of at least 4 members (excludes halogenated alkanes) is 2. The van der Waals surface area contributed by atoms with E-state index in [0.717, 1.165) is 45.0 Å². The van der Waals surface area contributed by atoms with E-state index in [9.17, 15) is 4.79 Å². The lowest BCUT2D eigenvalue weighted by Crippen LogP contribution is -2.38. The molecule has 0 aliphatic rings. The fraction of sp³-hybridized carbons (Fsp3) is 0.700. The molecule has 0 aromatic carbocycles. The molecule has 1 rings (SSSR count). The van der Waals surface area contributed by atoms with Crippen LogP contribution in [-0.4, -0.2) is 30.2 Å². The molecule has 1 atom stereocenters. The maximum Gasteiger partial charge on any atom is 0.250 e. The summed E-state index contributed by atoms with van der Waals surface area (Å²) in [7, 11) is 0. The molecule has 5 heteroatoms. The summed E-state index contributed by atoms with van der Waals surface area (Å²) in [5.41, 5.74) is 0.0723. The lowest BCUT2D eigenvalue weighted by Gasteiger charge is -2.15. The number of hydrogen-bond donors (Lipinski definition) is 2. The highest BCUT2D eigenvalue weighted by atomic mass is 16.1. The number of aryl methyl sites for hydroxylation is 1. The lowest BCUT2D eigenvalue weighted by atomic mass is 10.00. The Morgan fingerprint density at radius 3 is 2.68 bits per heavy atom. The van der Waals surface area contributed by atoms with Crippen molar-refractivity contribution in [2.75, 3.05) is 19.6 Å². The minimum Gasteiger partial charge on any atom is -0.357 e. The van der Waals surface area contributed by atoms with Crippen molar-refractivity contribution in [3.63, 3.8) is 0 Å². The van der Waals surface area contributed by atoms with Crippen LogP contribution in [0.5, 0.6) is 0 Å². The van der Waals surface area contributed by atoms with E-state index in [2.05, 4.69) is 31.4 Å². The van der Waals surface area contributed by atoms with Gasteiger partial charge in [-0.05, 0) is 38.2 Å². The van der Waals surface area contributed by atoms with E-state index in [1.807, 2.05) is 12.3 Å². The molecule has 0 radical (unpaired) electrons. The van der Waals surface area contributed by atoms with Gasteiger partial charge in [-0.2, -0.15) is 0 Å². The zero-order valence-corrected chi connectivity index (χ0v) is 16.3. The van der Waals surface area contributed by atoms with Crippen molar-refractivity contribution in [2.45, 2.75) is 65.8 Å². The molecule has 25 heavy (non-hydrogen) atoms. The Kier molecular flexibility index (Phi) is 11.5. The number of aromatic nitrogens is 1. The molecule has 0 spiro atoms. The van der Waals surface area contributed by atoms with Gasteiger partial charge in [0.25, 0.3) is 0 Å². The minimum absolute atomic E-state index is 0.0723. The molecule has 0 aliphatic carbocycles. The average Bonchev–Trinajstić information content (AvgIpc) is 2.62. The van der Waals surface area contributed by atoms with Gasteiger partial charge in [0.1, 0.15) is 0 Å². The molecule has 0 bridgehead atoms. The first-order valence-corrected chi connectivity index (χ1v) is 9.88. The molecular weight excluding hydrogens is 312 g/mol. The van der Waals surface area contributed by atoms with E-state index in [0.29, 0.717) is 5.92 Å². The normalized spacial score (nSPS) is 12.8. The molecule has 1 aromatic heterocycles. The molecule has 0 amide bonds. The van der Waals surface area contributed by atoms with Crippen LogP contribution >= 0.6 is 0 Å². The summed E-state index contributed by atoms with van der Waals surface area (Å²) in [5.74, 6) is 1.59. The Bertz CT molecular complexity index is 538. The molecule has 2 N–H and O–H groups in total. The maximum atomic E-state index is 11.6. The topological polar surface area (TPSA) is 58.4 Å². The first kappa shape index (κ1) is 21.3. The zero-order chi connectivity index (χ0) is 18.3. The molecule has 1 unspecified atom stereocenters. The summed E-state index contributed by atoms with van der Waals surface area (Å²) in [6, 6.07) is 5.29. The lowest BCUT2D eigenvalue weighted by molar-refractivity contribution is 0.461. The Morgan fingerprint density at radius 1 is 1.16 bits per heavy atom. The van der Waals surface area contributed by atoms with E-state index in [1.54, 1.807) is 16.7 Å². The number of aliphatic imine (C=N–C) groups is 1. The minimum atomic E-state index is 0.0723. The molecule has 0 fully saturated rings. The van der Waals surface area contributed by atoms with Crippen LogP contribution in [0.3, 0.4) is 0 Å². The van der Waals surface area contributed by atoms with Gasteiger partial charge in [0.05, 0.1) is 0 Å². The Labute approximate surface area is 152 Å². The molecule has 5 nitrogen and oxygen atoms in total. The third-order valence-corrected chi connectivity index (χ3v) is 4.41. The van der Waals surface area contributed by atoms with Gasteiger partial charge in [0.2, 0.25) is 5.56 Å². The zero-order valence-electron chi connectivity index (χ0n) is 16.3. The van der Waals surface area contributed by atoms with Crippen molar-refractivity contribution < 1.29 is 0 Å². The van der Waals surface area contributed by atoms with Gasteiger partial charge in [-0.3, -0.25) is 9.79 Å². The number of hydrogen-bond acceptors (Lipinski definition) is 2. The van der Waals surface area contributed by atoms with Crippen LogP contribution in [0.1, 0.15) is 59.3 Å². The van der Waals surface area contributed by atoms with Gasteiger partial charge >= 0.3 is 0 Å². The van der Waals surface area contributed by atoms with E-state index >= 15 is 0 Å². The summed E-state index contributed by atoms with van der Waals surface area (Å²) in [6.45, 7) is 9.99. The monoisotopic (exact) mass is 348 g/mol. The van der Waals surface area contributed by atoms with E-state index in [1.165, 1.54) is 25.7 Å². The quantitative estimate of drug-likeness (QED) is 0.346. The second-order valence-corrected chi connectivity index (χ2v) is 6.50. The van der Waals surface area contributed by atoms with Gasteiger partial charge in [0, 0.05) is 38.4 Å². The van der Waals surface area contributed by atoms with Crippen molar-refractivity contribution in [3.8, 4) is 0 Å². The van der Waals surface area contributed by atoms with Crippen molar-refractivity contribution in [3.05, 3.63) is 34.7 Å². The van der Waals surface area contributed by atoms with E-state index in [-0.39, 0.29) is 5.56 Å². The van der Waals surface area contributed by atoms with Crippen molar-refractivity contribution in [2.24, 2.45) is 10.9 Å². The fourth-order valence-corrected chi connectivity index (χ4v) is 2.74. The Morgan fingerprint density at radius 2 is 2.00 bits per heavy atom. The van der Waals surface area contributed by atoms with Crippen molar-refractivity contribution >= 4 is 5.96 Å². The third-order valence-electron chi connectivity index (χ3n) is 4.41. The largest absolute Gasteiger partial charge is 0.357 e. The van der Waals surface area contributed by atoms with Crippen LogP contribution in [0.15, 0.2) is 34.2 Å². The summed E-state index contributed by atoms with van der Waals surface area (Å²) in [4.78, 5) is 16.4. The predicted molar refractivity (Wildman–Crippen MR) is 107 cm³/mol. The molecule has 1 aromatic rings. The SMILES string of the molecule is CCCCC(CC)CN=C(NCC)NCCCCn1ccccc1=O. The molecule has 0 aliphatic heterocycles. The Balaban J connectivity index is 2.33. The van der Waals surface area contributed by atoms with Crippen LogP contribution in [0, 0.1) is 5.92 Å². The number of pyridine rings is 1. The molecule has 142 valence electrons. The number of rotatable bonds is 12. The fourth-order valence-electron chi connectivity index (χ4n) is 2.74. The first-order chi connectivity index (χ1) is 12.2. The predicted octanol–water partition coefficient (Wildman–Crippen LogP) is 3.40. The van der Waals surface area contributed by atoms with Crippen molar-refractivity contribution in [1.29, 1.82) is 0 Å². The Hall–Kier alpha value is -1.78. The van der Waals surface area contributed by atoms with Gasteiger partial charge < -0.3 is 15.2 Å². The summed E-state index contributed by atoms with van der Waals surface area (Å²) >= 11 is 0. The van der Waals surface area contributed by atoms with Gasteiger partial charge in [0.15, 0.2) is 5.96 Å². The summed E-state index contributed by atoms with van der Waals surface area (Å²) in [6.07, 6.45) is 8.84. The van der Waals surface area contributed by atoms with Crippen LogP contribution in [0.25, 0.3) is 0 Å². The first-order valence-electron chi connectivity index (χ1n) is 9.88. The highest BCUT2D eigenvalue weighted by Crippen LogP contribution is 2.12. The smallest absolute Gasteiger partial charge is 0.250 e. The standard InChI is InChI=1S/C20H36N4O/c1-4-7-12-18(5-2)17-23-20(21-6-3)22-14-9-11-16-24-15-10-8-13-19(24)25/h8,10,13,15,18H,4-7,9,11-12,14,16-17H2,1-3H3,(H2,21,22,23). The number of nitrogens with one attached hydrogen (secondary N) is 2. The van der Waals surface area contributed by atoms with Crippen LogP contribution in [0.2, 0.25) is 0 Å². The molecule has 0 saturated heterocycles. The number of nitrogens with zero attached hydrogens (tertiary/aromatic N) is 2. The van der Waals surface area contributed by atoms with Gasteiger partial charge in [-0.25, -0.2) is 0 Å². The third kappa shape index (κ3) is 9.32. The summed E-state index contributed by atoms with van der Waals surface area (Å²) in [5, 5.41) is 6.73. The highest BCUT2D eigenvalue weighted by Gasteiger charge is 2.05. The van der Waals surface area contributed by atoms with Crippen LogP contribution in [0.4, 0.5) is 0 Å². The van der Waals surface area contributed by atoms with Crippen LogP contribution < -0.4 is 16.2 Å². The average molecular weight is 349 g/mol. The van der Waals surface area contributed by atoms with Crippen LogP contribution in [-0.2, 0) is 6.54 Å². The molecular formula is C20H36N4O. The second kappa shape index (κ2) is 13.5. The molecule has 0 saturated carbocycles. The van der Waals surface area contributed by atoms with E-state index in [4.69, 9.17) is 4.99 Å². The number of guanidine groups is 1. The van der Waals surface area contributed by atoms with Gasteiger partial charge in [-0.1, -0.05) is 39.2 Å². The van der Waals surface area contributed by atoms with Crippen molar-refractivity contribution in [1.82, 2.24) is 15.2 Å². The van der Waals surface area contributed by atoms with E-state index < -0.39 is 0 Å². The highest BCUT2D eigenvalue weighted by molar-refractivity contribution is 5.79. The second-order valence-electron chi connectivity index (χ2n) is 6.50. The molecule has 1 heterocycles.